The Morgan fingerprint density at radius 3 is 2.67 bits per heavy atom. The van der Waals surface area contributed by atoms with Crippen LogP contribution in [0.2, 0.25) is 0 Å². The van der Waals surface area contributed by atoms with Crippen LogP contribution in [-0.2, 0) is 17.8 Å². The average molecular weight is 226 g/mol. The first-order chi connectivity index (χ1) is 7.17. The van der Waals surface area contributed by atoms with Crippen LogP contribution in [0.25, 0.3) is 0 Å². The van der Waals surface area contributed by atoms with Gasteiger partial charge in [0, 0.05) is 23.3 Å². The molecule has 1 unspecified atom stereocenters. The summed E-state index contributed by atoms with van der Waals surface area (Å²) in [5.74, 6) is 0.0299. The van der Waals surface area contributed by atoms with Gasteiger partial charge in [0.1, 0.15) is 0 Å². The summed E-state index contributed by atoms with van der Waals surface area (Å²) in [6.45, 7) is 4.78. The molecule has 3 nitrogen and oxygen atoms in total. The summed E-state index contributed by atoms with van der Waals surface area (Å²) in [7, 11) is 1.65. The molecule has 1 aromatic rings. The second kappa shape index (κ2) is 5.88. The number of rotatable bonds is 5. The van der Waals surface area contributed by atoms with Crippen molar-refractivity contribution in [2.75, 3.05) is 7.05 Å². The minimum atomic E-state index is -0.137. The van der Waals surface area contributed by atoms with Crippen LogP contribution in [0.4, 0.5) is 0 Å². The second-order valence-corrected chi connectivity index (χ2v) is 4.69. The van der Waals surface area contributed by atoms with E-state index in [2.05, 4.69) is 29.7 Å². The molecule has 84 valence electrons. The van der Waals surface area contributed by atoms with Crippen molar-refractivity contribution in [1.82, 2.24) is 10.6 Å². The van der Waals surface area contributed by atoms with E-state index in [9.17, 15) is 4.79 Å². The third kappa shape index (κ3) is 3.64. The van der Waals surface area contributed by atoms with Gasteiger partial charge in [-0.2, -0.15) is 0 Å². The topological polar surface area (TPSA) is 41.1 Å². The molecule has 0 bridgehead atoms. The van der Waals surface area contributed by atoms with Crippen molar-refractivity contribution in [2.24, 2.45) is 0 Å². The predicted molar refractivity (Wildman–Crippen MR) is 64.1 cm³/mol. The van der Waals surface area contributed by atoms with E-state index in [1.54, 1.807) is 18.4 Å². The van der Waals surface area contributed by atoms with Crippen LogP contribution in [0.5, 0.6) is 0 Å². The van der Waals surface area contributed by atoms with E-state index in [1.165, 1.54) is 9.75 Å². The third-order valence-corrected chi connectivity index (χ3v) is 3.52. The lowest BCUT2D eigenvalue weighted by atomic mass is 10.3. The number of hydrogen-bond donors (Lipinski definition) is 2. The number of thiophene rings is 1. The predicted octanol–water partition coefficient (Wildman–Crippen LogP) is 1.53. The summed E-state index contributed by atoms with van der Waals surface area (Å²) in [5, 5.41) is 5.80. The number of aryl methyl sites for hydroxylation is 1. The standard InChI is InChI=1S/C11H18N2OS/c1-4-9-5-6-10(15-9)7-13-8(2)11(14)12-3/h5-6,8,13H,4,7H2,1-3H3,(H,12,14). The van der Waals surface area contributed by atoms with Crippen molar-refractivity contribution in [3.63, 3.8) is 0 Å². The van der Waals surface area contributed by atoms with Gasteiger partial charge in [-0.25, -0.2) is 0 Å². The maximum atomic E-state index is 11.2. The Hall–Kier alpha value is -0.870. The Balaban J connectivity index is 2.39. The van der Waals surface area contributed by atoms with Crippen molar-refractivity contribution in [1.29, 1.82) is 0 Å². The van der Waals surface area contributed by atoms with E-state index in [-0.39, 0.29) is 11.9 Å². The Morgan fingerprint density at radius 2 is 2.13 bits per heavy atom. The summed E-state index contributed by atoms with van der Waals surface area (Å²) in [4.78, 5) is 13.9. The third-order valence-electron chi connectivity index (χ3n) is 2.29. The molecule has 0 aliphatic rings. The van der Waals surface area contributed by atoms with Crippen LogP contribution in [0, 0.1) is 0 Å². The highest BCUT2D eigenvalue weighted by atomic mass is 32.1. The van der Waals surface area contributed by atoms with Crippen molar-refractivity contribution >= 4 is 17.2 Å². The van der Waals surface area contributed by atoms with Gasteiger partial charge in [0.05, 0.1) is 6.04 Å². The average Bonchev–Trinajstić information content (AvgIpc) is 2.72. The number of nitrogens with one attached hydrogen (secondary N) is 2. The van der Waals surface area contributed by atoms with Crippen LogP contribution >= 0.6 is 11.3 Å². The summed E-state index contributed by atoms with van der Waals surface area (Å²) in [6, 6.07) is 4.13. The van der Waals surface area contributed by atoms with Gasteiger partial charge in [0.2, 0.25) is 5.91 Å². The molecule has 1 aromatic heterocycles. The molecular weight excluding hydrogens is 208 g/mol. The fraction of sp³-hybridized carbons (Fsp3) is 0.545. The molecule has 2 N–H and O–H groups in total. The number of amides is 1. The van der Waals surface area contributed by atoms with Gasteiger partial charge in [-0.1, -0.05) is 6.92 Å². The molecule has 0 aliphatic carbocycles. The maximum absolute atomic E-state index is 11.2. The molecule has 0 spiro atoms. The van der Waals surface area contributed by atoms with Crippen LogP contribution in [0.1, 0.15) is 23.6 Å². The van der Waals surface area contributed by atoms with Crippen molar-refractivity contribution in [3.8, 4) is 0 Å². The molecule has 4 heteroatoms. The van der Waals surface area contributed by atoms with E-state index in [1.807, 2.05) is 6.92 Å². The van der Waals surface area contributed by atoms with Crippen molar-refractivity contribution in [3.05, 3.63) is 21.9 Å². The number of hydrogen-bond acceptors (Lipinski definition) is 3. The fourth-order valence-corrected chi connectivity index (χ4v) is 2.18. The van der Waals surface area contributed by atoms with Crippen LogP contribution in [0.3, 0.4) is 0 Å². The largest absolute Gasteiger partial charge is 0.358 e. The first-order valence-electron chi connectivity index (χ1n) is 5.20. The lowest BCUT2D eigenvalue weighted by Crippen LogP contribution is -2.40. The fourth-order valence-electron chi connectivity index (χ4n) is 1.27. The zero-order valence-corrected chi connectivity index (χ0v) is 10.3. The van der Waals surface area contributed by atoms with Gasteiger partial charge < -0.3 is 10.6 Å². The molecule has 0 aliphatic heterocycles. The normalized spacial score (nSPS) is 12.5. The molecule has 1 heterocycles. The van der Waals surface area contributed by atoms with Crippen molar-refractivity contribution in [2.45, 2.75) is 32.9 Å². The minimum absolute atomic E-state index is 0.0299. The van der Waals surface area contributed by atoms with Crippen LogP contribution in [-0.4, -0.2) is 19.0 Å². The molecule has 0 saturated heterocycles. The molecule has 0 radical (unpaired) electrons. The molecule has 0 fully saturated rings. The second-order valence-electron chi connectivity index (χ2n) is 3.44. The summed E-state index contributed by atoms with van der Waals surface area (Å²) < 4.78 is 0. The minimum Gasteiger partial charge on any atom is -0.358 e. The van der Waals surface area contributed by atoms with E-state index in [0.717, 1.165) is 13.0 Å². The molecular formula is C11H18N2OS. The number of carbonyl (C=O) groups is 1. The summed E-state index contributed by atoms with van der Waals surface area (Å²) >= 11 is 1.80. The van der Waals surface area contributed by atoms with Crippen LogP contribution < -0.4 is 10.6 Å². The van der Waals surface area contributed by atoms with E-state index >= 15 is 0 Å². The highest BCUT2D eigenvalue weighted by Gasteiger charge is 2.09. The number of carbonyl (C=O) groups excluding carboxylic acids is 1. The van der Waals surface area contributed by atoms with E-state index < -0.39 is 0 Å². The Morgan fingerprint density at radius 1 is 1.47 bits per heavy atom. The van der Waals surface area contributed by atoms with Crippen molar-refractivity contribution < 1.29 is 4.79 Å². The zero-order chi connectivity index (χ0) is 11.3. The maximum Gasteiger partial charge on any atom is 0.236 e. The Bertz CT molecular complexity index is 322. The highest BCUT2D eigenvalue weighted by Crippen LogP contribution is 2.16. The molecule has 1 rings (SSSR count). The zero-order valence-electron chi connectivity index (χ0n) is 9.46. The highest BCUT2D eigenvalue weighted by molar-refractivity contribution is 7.11. The lowest BCUT2D eigenvalue weighted by Gasteiger charge is -2.10. The lowest BCUT2D eigenvalue weighted by molar-refractivity contribution is -0.122. The van der Waals surface area contributed by atoms with Gasteiger partial charge in [-0.05, 0) is 25.5 Å². The molecule has 1 amide bonds. The SMILES string of the molecule is CCc1ccc(CNC(C)C(=O)NC)s1. The van der Waals surface area contributed by atoms with Gasteiger partial charge >= 0.3 is 0 Å². The van der Waals surface area contributed by atoms with Gasteiger partial charge in [-0.3, -0.25) is 4.79 Å². The Labute approximate surface area is 94.9 Å². The number of likely N-dealkylation sites (N-methyl/N-ethyl adjacent to an activating group) is 1. The van der Waals surface area contributed by atoms with Gasteiger partial charge in [0.15, 0.2) is 0 Å². The molecule has 1 atom stereocenters. The molecule has 0 saturated carbocycles. The molecule has 15 heavy (non-hydrogen) atoms. The smallest absolute Gasteiger partial charge is 0.236 e. The quantitative estimate of drug-likeness (QED) is 0.799. The van der Waals surface area contributed by atoms with E-state index in [4.69, 9.17) is 0 Å². The van der Waals surface area contributed by atoms with E-state index in [0.29, 0.717) is 0 Å². The first kappa shape index (κ1) is 12.2. The van der Waals surface area contributed by atoms with Gasteiger partial charge in [-0.15, -0.1) is 11.3 Å². The van der Waals surface area contributed by atoms with Gasteiger partial charge in [0.25, 0.3) is 0 Å². The first-order valence-corrected chi connectivity index (χ1v) is 6.01. The Kier molecular flexibility index (Phi) is 4.78. The molecule has 0 aromatic carbocycles. The monoisotopic (exact) mass is 226 g/mol. The van der Waals surface area contributed by atoms with Crippen LogP contribution in [0.15, 0.2) is 12.1 Å². The summed E-state index contributed by atoms with van der Waals surface area (Å²) in [5.41, 5.74) is 0. The summed E-state index contributed by atoms with van der Waals surface area (Å²) in [6.07, 6.45) is 1.08.